The van der Waals surface area contributed by atoms with Crippen LogP contribution in [0.5, 0.6) is 0 Å². The summed E-state index contributed by atoms with van der Waals surface area (Å²) in [5.41, 5.74) is 0.748. The van der Waals surface area contributed by atoms with E-state index in [4.69, 9.17) is 9.15 Å². The van der Waals surface area contributed by atoms with Crippen molar-refractivity contribution in [2.75, 3.05) is 19.7 Å². The van der Waals surface area contributed by atoms with Gasteiger partial charge in [-0.3, -0.25) is 4.79 Å². The average Bonchev–Trinajstić information content (AvgIpc) is 3.21. The molecular weight excluding hydrogens is 430 g/mol. The molecule has 1 saturated heterocycles. The van der Waals surface area contributed by atoms with Gasteiger partial charge in [-0.2, -0.15) is 4.31 Å². The molecule has 2 heterocycles. The number of carbonyl (C=O) groups is 2. The zero-order valence-electron chi connectivity index (χ0n) is 18.0. The van der Waals surface area contributed by atoms with Crippen LogP contribution in [-0.2, 0) is 14.8 Å². The summed E-state index contributed by atoms with van der Waals surface area (Å²) >= 11 is 0. The zero-order chi connectivity index (χ0) is 22.9. The number of para-hydroxylation sites is 1. The number of fused-ring (bicyclic) bond motifs is 1. The predicted octanol–water partition coefficient (Wildman–Crippen LogP) is 4.14. The Labute approximate surface area is 187 Å². The van der Waals surface area contributed by atoms with E-state index in [1.807, 2.05) is 26.0 Å². The minimum Gasteiger partial charge on any atom is -0.454 e. The topological polar surface area (TPSA) is 93.9 Å². The summed E-state index contributed by atoms with van der Waals surface area (Å²) in [5.74, 6) is -0.453. The third kappa shape index (κ3) is 4.61. The van der Waals surface area contributed by atoms with E-state index in [0.29, 0.717) is 30.5 Å². The van der Waals surface area contributed by atoms with Gasteiger partial charge < -0.3 is 9.15 Å². The number of ether oxygens (including phenoxy) is 1. The highest BCUT2D eigenvalue weighted by atomic mass is 32.2. The van der Waals surface area contributed by atoms with Crippen molar-refractivity contribution in [1.82, 2.24) is 4.31 Å². The monoisotopic (exact) mass is 455 g/mol. The maximum Gasteiger partial charge on any atom is 0.338 e. The van der Waals surface area contributed by atoms with Gasteiger partial charge in [0.1, 0.15) is 5.58 Å². The molecule has 2 aromatic carbocycles. The van der Waals surface area contributed by atoms with Crippen molar-refractivity contribution in [2.45, 2.75) is 25.2 Å². The van der Waals surface area contributed by atoms with Crippen LogP contribution in [0, 0.1) is 11.8 Å². The van der Waals surface area contributed by atoms with Gasteiger partial charge in [-0.1, -0.05) is 32.0 Å². The van der Waals surface area contributed by atoms with Crippen LogP contribution in [-0.4, -0.2) is 44.2 Å². The standard InChI is InChI=1S/C24H25NO6S/c1-16-11-17(2)14-25(13-16)32(28,29)20-9-7-18(8-10-20)24(27)30-15-21(26)23-12-19-5-3-4-6-22(19)31-23/h3-10,12,16-17H,11,13-15H2,1-2H3/t16-,17+. The van der Waals surface area contributed by atoms with Crippen LogP contribution >= 0.6 is 0 Å². The number of Topliss-reactive ketones (excluding diaryl/α,β-unsaturated/α-hetero) is 1. The van der Waals surface area contributed by atoms with Gasteiger partial charge in [-0.25, -0.2) is 13.2 Å². The number of nitrogens with zero attached hydrogens (tertiary/aromatic N) is 1. The Kier molecular flexibility index (Phi) is 6.17. The lowest BCUT2D eigenvalue weighted by Crippen LogP contribution is -2.42. The zero-order valence-corrected chi connectivity index (χ0v) is 18.8. The SMILES string of the molecule is C[C@@H]1C[C@H](C)CN(S(=O)(=O)c2ccc(C(=O)OCC(=O)c3cc4ccccc4o3)cc2)C1. The second kappa shape index (κ2) is 8.88. The van der Waals surface area contributed by atoms with Crippen molar-refractivity contribution in [3.8, 4) is 0 Å². The molecule has 0 amide bonds. The fraction of sp³-hybridized carbons (Fsp3) is 0.333. The van der Waals surface area contributed by atoms with Gasteiger partial charge >= 0.3 is 5.97 Å². The van der Waals surface area contributed by atoms with E-state index in [2.05, 4.69) is 0 Å². The van der Waals surface area contributed by atoms with Crippen LogP contribution in [0.4, 0.5) is 0 Å². The number of hydrogen-bond acceptors (Lipinski definition) is 6. The molecule has 0 aliphatic carbocycles. The van der Waals surface area contributed by atoms with E-state index in [1.165, 1.54) is 28.6 Å². The van der Waals surface area contributed by atoms with E-state index >= 15 is 0 Å². The van der Waals surface area contributed by atoms with Crippen molar-refractivity contribution < 1.29 is 27.2 Å². The minimum absolute atomic E-state index is 0.116. The predicted molar refractivity (Wildman–Crippen MR) is 119 cm³/mol. The van der Waals surface area contributed by atoms with Crippen LogP contribution < -0.4 is 0 Å². The van der Waals surface area contributed by atoms with Crippen LogP contribution in [0.3, 0.4) is 0 Å². The van der Waals surface area contributed by atoms with Gasteiger partial charge in [0.25, 0.3) is 0 Å². The quantitative estimate of drug-likeness (QED) is 0.410. The van der Waals surface area contributed by atoms with Crippen LogP contribution in [0.25, 0.3) is 11.0 Å². The smallest absolute Gasteiger partial charge is 0.338 e. The molecule has 0 bridgehead atoms. The molecule has 8 heteroatoms. The third-order valence-electron chi connectivity index (χ3n) is 5.60. The van der Waals surface area contributed by atoms with E-state index in [0.717, 1.165) is 11.8 Å². The van der Waals surface area contributed by atoms with Gasteiger partial charge in [0.05, 0.1) is 10.5 Å². The Morgan fingerprint density at radius 2 is 1.69 bits per heavy atom. The molecule has 1 fully saturated rings. The molecule has 0 N–H and O–H groups in total. The molecule has 0 unspecified atom stereocenters. The molecule has 168 valence electrons. The van der Waals surface area contributed by atoms with Crippen molar-refractivity contribution in [3.63, 3.8) is 0 Å². The highest BCUT2D eigenvalue weighted by molar-refractivity contribution is 7.89. The molecular formula is C24H25NO6S. The number of hydrogen-bond donors (Lipinski definition) is 0. The van der Waals surface area contributed by atoms with Crippen molar-refractivity contribution >= 4 is 32.7 Å². The molecule has 1 aromatic heterocycles. The number of carbonyl (C=O) groups excluding carboxylic acids is 2. The molecule has 0 saturated carbocycles. The number of furan rings is 1. The minimum atomic E-state index is -3.63. The molecule has 3 aromatic rings. The van der Waals surface area contributed by atoms with Crippen LogP contribution in [0.1, 0.15) is 41.2 Å². The Morgan fingerprint density at radius 1 is 1.03 bits per heavy atom. The molecule has 7 nitrogen and oxygen atoms in total. The Bertz CT molecular complexity index is 1200. The van der Waals surface area contributed by atoms with E-state index in [-0.39, 0.29) is 16.2 Å². The second-order valence-corrected chi connectivity index (χ2v) is 10.4. The fourth-order valence-corrected chi connectivity index (χ4v) is 5.80. The van der Waals surface area contributed by atoms with Crippen LogP contribution in [0.2, 0.25) is 0 Å². The van der Waals surface area contributed by atoms with Crippen molar-refractivity contribution in [1.29, 1.82) is 0 Å². The first-order valence-corrected chi connectivity index (χ1v) is 12.0. The van der Waals surface area contributed by atoms with Gasteiger partial charge in [0, 0.05) is 18.5 Å². The molecule has 0 spiro atoms. The number of ketones is 1. The maximum atomic E-state index is 13.0. The lowest BCUT2D eigenvalue weighted by molar-refractivity contribution is 0.0468. The summed E-state index contributed by atoms with van der Waals surface area (Å²) in [5, 5.41) is 0.788. The molecule has 32 heavy (non-hydrogen) atoms. The number of sulfonamides is 1. The highest BCUT2D eigenvalue weighted by Gasteiger charge is 2.31. The number of rotatable bonds is 6. The van der Waals surface area contributed by atoms with Crippen molar-refractivity contribution in [3.05, 3.63) is 65.9 Å². The maximum absolute atomic E-state index is 13.0. The van der Waals surface area contributed by atoms with Crippen LogP contribution in [0.15, 0.2) is 63.9 Å². The summed E-state index contributed by atoms with van der Waals surface area (Å²) < 4.78 is 38.0. The first-order valence-electron chi connectivity index (χ1n) is 10.5. The summed E-state index contributed by atoms with van der Waals surface area (Å²) in [6.45, 7) is 4.59. The first kappa shape index (κ1) is 22.2. The molecule has 4 rings (SSSR count). The lowest BCUT2D eigenvalue weighted by atomic mass is 9.94. The molecule has 1 aliphatic heterocycles. The van der Waals surface area contributed by atoms with Gasteiger partial charge in [0.15, 0.2) is 12.4 Å². The lowest BCUT2D eigenvalue weighted by Gasteiger charge is -2.34. The van der Waals surface area contributed by atoms with E-state index in [9.17, 15) is 18.0 Å². The summed E-state index contributed by atoms with van der Waals surface area (Å²) in [6, 6.07) is 14.4. The number of piperidine rings is 1. The average molecular weight is 456 g/mol. The molecule has 2 atom stereocenters. The number of esters is 1. The third-order valence-corrected chi connectivity index (χ3v) is 7.44. The highest BCUT2D eigenvalue weighted by Crippen LogP contribution is 2.27. The van der Waals surface area contributed by atoms with Gasteiger partial charge in [0.2, 0.25) is 15.8 Å². The van der Waals surface area contributed by atoms with Crippen molar-refractivity contribution in [2.24, 2.45) is 11.8 Å². The second-order valence-electron chi connectivity index (χ2n) is 8.44. The van der Waals surface area contributed by atoms with E-state index < -0.39 is 28.4 Å². The first-order chi connectivity index (χ1) is 15.2. The van der Waals surface area contributed by atoms with Gasteiger partial charge in [-0.05, 0) is 54.7 Å². The summed E-state index contributed by atoms with van der Waals surface area (Å²) in [4.78, 5) is 24.8. The number of benzene rings is 2. The Hall–Kier alpha value is -2.97. The largest absolute Gasteiger partial charge is 0.454 e. The Balaban J connectivity index is 1.40. The Morgan fingerprint density at radius 3 is 2.34 bits per heavy atom. The normalized spacial score (nSPS) is 19.7. The van der Waals surface area contributed by atoms with Gasteiger partial charge in [-0.15, -0.1) is 0 Å². The molecule has 1 aliphatic rings. The summed E-state index contributed by atoms with van der Waals surface area (Å²) in [7, 11) is -3.63. The summed E-state index contributed by atoms with van der Waals surface area (Å²) in [6.07, 6.45) is 1.00. The molecule has 0 radical (unpaired) electrons. The fourth-order valence-electron chi connectivity index (χ4n) is 4.12. The van der Waals surface area contributed by atoms with E-state index in [1.54, 1.807) is 18.2 Å².